The summed E-state index contributed by atoms with van der Waals surface area (Å²) in [5, 5.41) is 6.88. The van der Waals surface area contributed by atoms with Crippen LogP contribution in [0.15, 0.2) is 32.3 Å². The molecule has 0 saturated heterocycles. The summed E-state index contributed by atoms with van der Waals surface area (Å²) < 4.78 is 28.1. The first-order chi connectivity index (χ1) is 10.0. The summed E-state index contributed by atoms with van der Waals surface area (Å²) in [6, 6.07) is 3.65. The Morgan fingerprint density at radius 2 is 2.10 bits per heavy atom. The van der Waals surface area contributed by atoms with Gasteiger partial charge < -0.3 is 5.32 Å². The fourth-order valence-electron chi connectivity index (χ4n) is 1.68. The van der Waals surface area contributed by atoms with Crippen LogP contribution in [0.5, 0.6) is 0 Å². The maximum atomic E-state index is 12.2. The lowest BCUT2D eigenvalue weighted by Crippen LogP contribution is -2.22. The molecular formula is C13H17BrN2O2S3. The summed E-state index contributed by atoms with van der Waals surface area (Å²) in [6.45, 7) is 4.05. The van der Waals surface area contributed by atoms with Crippen molar-refractivity contribution < 1.29 is 8.42 Å². The molecule has 0 bridgehead atoms. The van der Waals surface area contributed by atoms with Crippen LogP contribution in [0.25, 0.3) is 0 Å². The van der Waals surface area contributed by atoms with Gasteiger partial charge in [-0.1, -0.05) is 6.92 Å². The quantitative estimate of drug-likeness (QED) is 0.656. The summed E-state index contributed by atoms with van der Waals surface area (Å²) in [6.07, 6.45) is 1.06. The van der Waals surface area contributed by atoms with Crippen molar-refractivity contribution in [2.24, 2.45) is 0 Å². The molecule has 2 rings (SSSR count). The van der Waals surface area contributed by atoms with Crippen molar-refractivity contribution in [2.75, 3.05) is 6.54 Å². The number of halogens is 1. The standard InChI is InChI=1S/C13H17BrN2O2S3/c1-2-4-15-7-10-6-11(9-20-10)21(17,18)16-8-13-12(14)3-5-19-13/h3,5-6,9,15-16H,2,4,7-8H2,1H3. The van der Waals surface area contributed by atoms with Crippen LogP contribution < -0.4 is 10.0 Å². The number of sulfonamides is 1. The zero-order valence-electron chi connectivity index (χ0n) is 11.6. The fraction of sp³-hybridized carbons (Fsp3) is 0.385. The molecule has 0 aliphatic rings. The molecule has 0 radical (unpaired) electrons. The minimum absolute atomic E-state index is 0.305. The zero-order chi connectivity index (χ0) is 15.3. The lowest BCUT2D eigenvalue weighted by atomic mass is 10.4. The highest BCUT2D eigenvalue weighted by molar-refractivity contribution is 9.10. The first-order valence-electron chi connectivity index (χ1n) is 6.52. The lowest BCUT2D eigenvalue weighted by molar-refractivity contribution is 0.582. The predicted molar refractivity (Wildman–Crippen MR) is 92.4 cm³/mol. The summed E-state index contributed by atoms with van der Waals surface area (Å²) in [5.74, 6) is 0. The average Bonchev–Trinajstić information content (AvgIpc) is 3.06. The Kier molecular flexibility index (Phi) is 6.39. The van der Waals surface area contributed by atoms with E-state index in [0.29, 0.717) is 18.0 Å². The van der Waals surface area contributed by atoms with Gasteiger partial charge in [0.25, 0.3) is 0 Å². The molecule has 8 heteroatoms. The largest absolute Gasteiger partial charge is 0.312 e. The molecule has 0 unspecified atom stereocenters. The topological polar surface area (TPSA) is 58.2 Å². The molecule has 0 aliphatic heterocycles. The second-order valence-electron chi connectivity index (χ2n) is 4.44. The number of rotatable bonds is 8. The molecule has 0 aromatic carbocycles. The maximum absolute atomic E-state index is 12.2. The van der Waals surface area contributed by atoms with Gasteiger partial charge in [-0.05, 0) is 46.4 Å². The normalized spacial score (nSPS) is 11.9. The van der Waals surface area contributed by atoms with Crippen LogP contribution in [0.3, 0.4) is 0 Å². The van der Waals surface area contributed by atoms with Crippen LogP contribution in [0.1, 0.15) is 23.1 Å². The van der Waals surface area contributed by atoms with Gasteiger partial charge in [0.2, 0.25) is 10.0 Å². The van der Waals surface area contributed by atoms with E-state index in [1.54, 1.807) is 11.4 Å². The Labute approximate surface area is 141 Å². The molecule has 116 valence electrons. The van der Waals surface area contributed by atoms with E-state index in [1.165, 1.54) is 22.7 Å². The van der Waals surface area contributed by atoms with E-state index in [1.807, 2.05) is 11.4 Å². The Hall–Kier alpha value is -0.250. The van der Waals surface area contributed by atoms with Crippen LogP contribution in [0.2, 0.25) is 0 Å². The van der Waals surface area contributed by atoms with Crippen molar-refractivity contribution in [3.8, 4) is 0 Å². The molecule has 0 amide bonds. The zero-order valence-corrected chi connectivity index (χ0v) is 15.6. The van der Waals surface area contributed by atoms with Crippen LogP contribution in [0.4, 0.5) is 0 Å². The van der Waals surface area contributed by atoms with Crippen LogP contribution in [-0.4, -0.2) is 15.0 Å². The van der Waals surface area contributed by atoms with Crippen LogP contribution >= 0.6 is 38.6 Å². The van der Waals surface area contributed by atoms with Crippen molar-refractivity contribution in [3.05, 3.63) is 37.1 Å². The van der Waals surface area contributed by atoms with Gasteiger partial charge >= 0.3 is 0 Å². The van der Waals surface area contributed by atoms with Crippen molar-refractivity contribution >= 4 is 48.6 Å². The molecule has 0 spiro atoms. The molecule has 0 aliphatic carbocycles. The third-order valence-electron chi connectivity index (χ3n) is 2.78. The van der Waals surface area contributed by atoms with E-state index in [4.69, 9.17) is 0 Å². The third-order valence-corrected chi connectivity index (χ3v) is 7.17. The van der Waals surface area contributed by atoms with Gasteiger partial charge in [-0.25, -0.2) is 13.1 Å². The van der Waals surface area contributed by atoms with Crippen molar-refractivity contribution in [1.82, 2.24) is 10.0 Å². The minimum atomic E-state index is -3.44. The molecule has 21 heavy (non-hydrogen) atoms. The van der Waals surface area contributed by atoms with Crippen molar-refractivity contribution in [3.63, 3.8) is 0 Å². The van der Waals surface area contributed by atoms with Gasteiger partial charge in [-0.15, -0.1) is 22.7 Å². The van der Waals surface area contributed by atoms with Gasteiger partial charge in [-0.2, -0.15) is 0 Å². The number of thiophene rings is 2. The lowest BCUT2D eigenvalue weighted by Gasteiger charge is -2.04. The third kappa shape index (κ3) is 4.87. The van der Waals surface area contributed by atoms with E-state index in [2.05, 4.69) is 32.9 Å². The number of nitrogens with one attached hydrogen (secondary N) is 2. The summed E-state index contributed by atoms with van der Waals surface area (Å²) in [5.41, 5.74) is 0. The summed E-state index contributed by atoms with van der Waals surface area (Å²) in [4.78, 5) is 2.34. The van der Waals surface area contributed by atoms with Gasteiger partial charge in [0, 0.05) is 32.7 Å². The molecular weight excluding hydrogens is 392 g/mol. The molecule has 2 N–H and O–H groups in total. The van der Waals surface area contributed by atoms with E-state index >= 15 is 0 Å². The summed E-state index contributed by atoms with van der Waals surface area (Å²) in [7, 11) is -3.44. The van der Waals surface area contributed by atoms with E-state index in [9.17, 15) is 8.42 Å². The highest BCUT2D eigenvalue weighted by atomic mass is 79.9. The monoisotopic (exact) mass is 408 g/mol. The molecule has 2 aromatic rings. The van der Waals surface area contributed by atoms with E-state index < -0.39 is 10.0 Å². The van der Waals surface area contributed by atoms with Gasteiger partial charge in [0.15, 0.2) is 0 Å². The molecule has 0 atom stereocenters. The van der Waals surface area contributed by atoms with Gasteiger partial charge in [0.1, 0.15) is 0 Å². The number of hydrogen-bond acceptors (Lipinski definition) is 5. The second kappa shape index (κ2) is 7.85. The molecule has 4 nitrogen and oxygen atoms in total. The Morgan fingerprint density at radius 3 is 2.76 bits per heavy atom. The molecule has 0 saturated carbocycles. The maximum Gasteiger partial charge on any atom is 0.241 e. The molecule has 0 fully saturated rings. The predicted octanol–water partition coefficient (Wildman–Crippen LogP) is 3.55. The van der Waals surface area contributed by atoms with E-state index in [0.717, 1.165) is 27.2 Å². The van der Waals surface area contributed by atoms with Crippen molar-refractivity contribution in [2.45, 2.75) is 31.3 Å². The Balaban J connectivity index is 1.97. The number of hydrogen-bond donors (Lipinski definition) is 2. The smallest absolute Gasteiger partial charge is 0.241 e. The SMILES string of the molecule is CCCNCc1cc(S(=O)(=O)NCc2sccc2Br)cs1. The second-order valence-corrected chi connectivity index (χ2v) is 9.06. The first kappa shape index (κ1) is 17.1. The van der Waals surface area contributed by atoms with E-state index in [-0.39, 0.29) is 0 Å². The Morgan fingerprint density at radius 1 is 1.29 bits per heavy atom. The van der Waals surface area contributed by atoms with Crippen LogP contribution in [0, 0.1) is 0 Å². The Bertz CT molecular complexity index is 679. The van der Waals surface area contributed by atoms with Crippen molar-refractivity contribution in [1.29, 1.82) is 0 Å². The first-order valence-corrected chi connectivity index (χ1v) is 10.6. The highest BCUT2D eigenvalue weighted by Gasteiger charge is 2.16. The fourth-order valence-corrected chi connectivity index (χ4v) is 5.44. The average molecular weight is 409 g/mol. The van der Waals surface area contributed by atoms with Gasteiger partial charge in [-0.3, -0.25) is 0 Å². The molecule has 2 aromatic heterocycles. The molecule has 2 heterocycles. The van der Waals surface area contributed by atoms with Crippen LogP contribution in [-0.2, 0) is 23.1 Å². The van der Waals surface area contributed by atoms with Gasteiger partial charge in [0.05, 0.1) is 4.90 Å². The minimum Gasteiger partial charge on any atom is -0.312 e. The highest BCUT2D eigenvalue weighted by Crippen LogP contribution is 2.24. The summed E-state index contributed by atoms with van der Waals surface area (Å²) >= 11 is 6.39.